The first-order valence-electron chi connectivity index (χ1n) is 16.1. The molecule has 0 aliphatic carbocycles. The fourth-order valence-corrected chi connectivity index (χ4v) is 19.3. The third-order valence-electron chi connectivity index (χ3n) is 9.85. The number of hydrogen-bond donors (Lipinski definition) is 2. The first-order chi connectivity index (χ1) is 18.7. The van der Waals surface area contributed by atoms with Gasteiger partial charge in [-0.25, -0.2) is 0 Å². The maximum Gasteiger partial charge on any atom is 0.493 e. The van der Waals surface area contributed by atoms with Crippen molar-refractivity contribution in [2.24, 2.45) is 0 Å². The van der Waals surface area contributed by atoms with Crippen LogP contribution in [0.15, 0.2) is 0 Å². The summed E-state index contributed by atoms with van der Waals surface area (Å²) >= 11 is 0. The van der Waals surface area contributed by atoms with Crippen LogP contribution in [0.25, 0.3) is 0 Å². The summed E-state index contributed by atoms with van der Waals surface area (Å²) < 4.78 is 30.3. The molecule has 39 heavy (non-hydrogen) atoms. The molecule has 0 rings (SSSR count). The molecular weight excluding hydrogens is 557 g/mol. The predicted octanol–water partition coefficient (Wildman–Crippen LogP) is 7.22. The Hall–Kier alpha value is 0.588. The minimum absolute atomic E-state index is 0.752. The molecule has 0 bridgehead atoms. The van der Waals surface area contributed by atoms with E-state index in [1.54, 1.807) is 28.4 Å². The molecule has 0 amide bonds. The van der Waals surface area contributed by atoms with E-state index in [2.05, 4.69) is 52.2 Å². The first-order valence-corrected chi connectivity index (χ1v) is 25.6. The Morgan fingerprint density at radius 3 is 0.897 bits per heavy atom. The summed E-state index contributed by atoms with van der Waals surface area (Å²) in [7, 11) is -1.01. The summed E-state index contributed by atoms with van der Waals surface area (Å²) in [5.74, 6) is 0. The summed E-state index contributed by atoms with van der Waals surface area (Å²) in [5.41, 5.74) is 0. The molecule has 0 aromatic heterocycles. The minimum Gasteiger partial charge on any atom is -0.377 e. The summed E-state index contributed by atoms with van der Waals surface area (Å²) in [6, 6.07) is 12.8. The second-order valence-corrected chi connectivity index (χ2v) is 28.7. The van der Waals surface area contributed by atoms with Crippen molar-refractivity contribution >= 4 is 33.8 Å². The predicted molar refractivity (Wildman–Crippen MR) is 178 cm³/mol. The van der Waals surface area contributed by atoms with Gasteiger partial charge in [0.1, 0.15) is 0 Å². The van der Waals surface area contributed by atoms with Crippen molar-refractivity contribution in [2.75, 3.05) is 54.6 Å². The van der Waals surface area contributed by atoms with Crippen molar-refractivity contribution in [3.8, 4) is 0 Å². The molecule has 0 saturated carbocycles. The average molecular weight is 625 g/mol. The molecule has 236 valence electrons. The molecule has 2 N–H and O–H groups in total. The van der Waals surface area contributed by atoms with Gasteiger partial charge < -0.3 is 32.5 Å². The van der Waals surface area contributed by atoms with E-state index in [0.29, 0.717) is 0 Å². The van der Waals surface area contributed by atoms with Crippen molar-refractivity contribution in [3.63, 3.8) is 0 Å². The molecule has 0 aliphatic rings. The highest BCUT2D eigenvalue weighted by molar-refractivity contribution is 6.80. The van der Waals surface area contributed by atoms with Crippen LogP contribution in [-0.2, 0) is 21.8 Å². The molecule has 0 unspecified atom stereocenters. The molecule has 0 atom stereocenters. The van der Waals surface area contributed by atoms with Gasteiger partial charge >= 0.3 is 17.6 Å². The van der Waals surface area contributed by atoms with E-state index in [0.717, 1.165) is 51.1 Å². The largest absolute Gasteiger partial charge is 0.493 e. The Morgan fingerprint density at radius 2 is 0.667 bits per heavy atom. The fourth-order valence-electron chi connectivity index (χ4n) is 5.93. The van der Waals surface area contributed by atoms with Crippen molar-refractivity contribution < 1.29 is 21.8 Å². The van der Waals surface area contributed by atoms with Crippen LogP contribution in [0.2, 0.25) is 60.4 Å². The molecule has 0 aliphatic heterocycles. The minimum atomic E-state index is -2.89. The van der Waals surface area contributed by atoms with Crippen molar-refractivity contribution in [3.05, 3.63) is 0 Å². The number of hydrogen-bond acceptors (Lipinski definition) is 7. The fraction of sp³-hybridized carbons (Fsp3) is 1.00. The molecule has 0 aromatic carbocycles. The quantitative estimate of drug-likeness (QED) is 0.0703. The van der Waals surface area contributed by atoms with E-state index in [4.69, 9.17) is 21.8 Å². The van der Waals surface area contributed by atoms with Gasteiger partial charge in [0.2, 0.25) is 0 Å². The number of nitrogens with one attached hydrogen (secondary N) is 2. The van der Waals surface area contributed by atoms with Gasteiger partial charge in [0.05, 0.1) is 16.1 Å². The third kappa shape index (κ3) is 14.1. The van der Waals surface area contributed by atoms with Crippen LogP contribution in [0.5, 0.6) is 0 Å². The van der Waals surface area contributed by atoms with E-state index < -0.39 is 33.8 Å². The zero-order valence-electron chi connectivity index (χ0n) is 27.8. The van der Waals surface area contributed by atoms with Gasteiger partial charge in [-0.3, -0.25) is 0 Å². The van der Waals surface area contributed by atoms with Crippen molar-refractivity contribution in [2.45, 2.75) is 128 Å². The maximum absolute atomic E-state index is 6.60. The maximum atomic E-state index is 6.60. The van der Waals surface area contributed by atoms with Crippen LogP contribution in [0.3, 0.4) is 0 Å². The lowest BCUT2D eigenvalue weighted by atomic mass is 10.4. The highest BCUT2D eigenvalue weighted by atomic mass is 28.5. The second kappa shape index (κ2) is 22.2. The molecule has 7 nitrogen and oxygen atoms in total. The summed E-state index contributed by atoms with van der Waals surface area (Å²) in [4.78, 5) is 0. The average Bonchev–Trinajstić information content (AvgIpc) is 2.99. The van der Waals surface area contributed by atoms with Crippen LogP contribution < -0.4 is 10.6 Å². The molecule has 0 fully saturated rings. The molecule has 0 aromatic rings. The standard InChI is InChI=1S/C28H68N2O5Si4/c1-11-36(12-2,13-3)25-17-21-29-23-19-27-38(31-7,32-8)35-39(33-9,34-10)28-20-24-30-22-18-26-37(14-4,15-5)16-6/h29-30H,11-28H2,1-10H3. The van der Waals surface area contributed by atoms with E-state index in [1.165, 1.54) is 61.2 Å². The van der Waals surface area contributed by atoms with Gasteiger partial charge in [-0.2, -0.15) is 0 Å². The van der Waals surface area contributed by atoms with E-state index in [1.807, 2.05) is 0 Å². The van der Waals surface area contributed by atoms with Gasteiger partial charge in [-0.05, 0) is 51.9 Å². The lowest BCUT2D eigenvalue weighted by molar-refractivity contribution is 0.0859. The van der Waals surface area contributed by atoms with Crippen LogP contribution in [-0.4, -0.2) is 88.4 Å². The van der Waals surface area contributed by atoms with Crippen LogP contribution >= 0.6 is 0 Å². The smallest absolute Gasteiger partial charge is 0.377 e. The van der Waals surface area contributed by atoms with Gasteiger partial charge in [0, 0.05) is 40.5 Å². The van der Waals surface area contributed by atoms with E-state index in [-0.39, 0.29) is 0 Å². The zero-order chi connectivity index (χ0) is 29.7. The lowest BCUT2D eigenvalue weighted by Crippen LogP contribution is -2.57. The van der Waals surface area contributed by atoms with E-state index >= 15 is 0 Å². The van der Waals surface area contributed by atoms with Crippen molar-refractivity contribution in [1.82, 2.24) is 10.6 Å². The lowest BCUT2D eigenvalue weighted by Gasteiger charge is -2.35. The van der Waals surface area contributed by atoms with Gasteiger partial charge in [-0.1, -0.05) is 89.9 Å². The second-order valence-electron chi connectivity index (χ2n) is 11.3. The molecule has 11 heteroatoms. The Morgan fingerprint density at radius 1 is 0.410 bits per heavy atom. The van der Waals surface area contributed by atoms with Gasteiger partial charge in [0.25, 0.3) is 0 Å². The molecule has 0 spiro atoms. The summed E-state index contributed by atoms with van der Waals surface area (Å²) in [6.07, 6.45) is 4.46. The third-order valence-corrected chi connectivity index (χ3v) is 28.6. The molecule has 0 radical (unpaired) electrons. The number of rotatable bonds is 28. The SMILES string of the molecule is CC[Si](CC)(CC)CCCNCCC[Si](OC)(OC)O[Si](CCCNCCC[Si](CC)(CC)CC)(OC)OC. The summed E-state index contributed by atoms with van der Waals surface area (Å²) in [6.45, 7) is 18.4. The molecular formula is C28H68N2O5Si4. The van der Waals surface area contributed by atoms with Crippen LogP contribution in [0.1, 0.15) is 67.2 Å². The van der Waals surface area contributed by atoms with E-state index in [9.17, 15) is 0 Å². The van der Waals surface area contributed by atoms with Gasteiger partial charge in [-0.15, -0.1) is 0 Å². The van der Waals surface area contributed by atoms with Crippen molar-refractivity contribution in [1.29, 1.82) is 0 Å². The Kier molecular flexibility index (Phi) is 22.5. The monoisotopic (exact) mass is 624 g/mol. The highest BCUT2D eigenvalue weighted by Crippen LogP contribution is 2.28. The molecule has 0 saturated heterocycles. The Labute approximate surface area is 248 Å². The Bertz CT molecular complexity index is 512. The van der Waals surface area contributed by atoms with Crippen LogP contribution in [0, 0.1) is 0 Å². The van der Waals surface area contributed by atoms with Gasteiger partial charge in [0.15, 0.2) is 0 Å². The first kappa shape index (κ1) is 39.6. The Balaban J connectivity index is 4.62. The normalized spacial score (nSPS) is 13.4. The topological polar surface area (TPSA) is 70.2 Å². The zero-order valence-corrected chi connectivity index (χ0v) is 31.8. The highest BCUT2D eigenvalue weighted by Gasteiger charge is 2.51. The van der Waals surface area contributed by atoms with Crippen LogP contribution in [0.4, 0.5) is 0 Å². The molecule has 0 heterocycles. The summed E-state index contributed by atoms with van der Waals surface area (Å²) in [5, 5.41) is 7.28.